The van der Waals surface area contributed by atoms with Gasteiger partial charge >= 0.3 is 12.0 Å². The molecule has 1 saturated heterocycles. The highest BCUT2D eigenvalue weighted by Gasteiger charge is 2.25. The van der Waals surface area contributed by atoms with E-state index in [-0.39, 0.29) is 12.6 Å². The summed E-state index contributed by atoms with van der Waals surface area (Å²) in [5.74, 6) is -0.654. The van der Waals surface area contributed by atoms with E-state index >= 15 is 0 Å². The van der Waals surface area contributed by atoms with Crippen LogP contribution in [0, 0.1) is 0 Å². The van der Waals surface area contributed by atoms with E-state index in [0.29, 0.717) is 19.0 Å². The average molecular weight is 319 g/mol. The number of carbonyl (C=O) groups excluding carboxylic acids is 1. The minimum Gasteiger partial charge on any atom is -0.480 e. The SMILES string of the molecule is O=C(O)CNC(=O)N1CCC(c2nc3ccccc3s2)CC1. The van der Waals surface area contributed by atoms with Crippen molar-refractivity contribution in [2.45, 2.75) is 18.8 Å². The molecule has 0 atom stereocenters. The molecule has 116 valence electrons. The molecule has 0 spiro atoms. The zero-order valence-corrected chi connectivity index (χ0v) is 12.8. The Labute approximate surface area is 131 Å². The smallest absolute Gasteiger partial charge is 0.323 e. The van der Waals surface area contributed by atoms with Gasteiger partial charge in [-0.15, -0.1) is 11.3 Å². The molecule has 7 heteroatoms. The van der Waals surface area contributed by atoms with E-state index in [2.05, 4.69) is 16.4 Å². The van der Waals surface area contributed by atoms with Crippen molar-refractivity contribution < 1.29 is 14.7 Å². The second-order valence-corrected chi connectivity index (χ2v) is 6.40. The van der Waals surface area contributed by atoms with Crippen molar-refractivity contribution in [1.29, 1.82) is 0 Å². The van der Waals surface area contributed by atoms with E-state index in [4.69, 9.17) is 5.11 Å². The lowest BCUT2D eigenvalue weighted by molar-refractivity contribution is -0.135. The maximum absolute atomic E-state index is 11.8. The van der Waals surface area contributed by atoms with E-state index in [9.17, 15) is 9.59 Å². The molecule has 0 saturated carbocycles. The van der Waals surface area contributed by atoms with E-state index < -0.39 is 5.97 Å². The number of nitrogens with zero attached hydrogens (tertiary/aromatic N) is 2. The number of thiazole rings is 1. The monoisotopic (exact) mass is 319 g/mol. The van der Waals surface area contributed by atoms with E-state index in [1.165, 1.54) is 4.70 Å². The third-order valence-electron chi connectivity index (χ3n) is 3.83. The Kier molecular flexibility index (Phi) is 4.24. The highest BCUT2D eigenvalue weighted by Crippen LogP contribution is 2.33. The number of fused-ring (bicyclic) bond motifs is 1. The quantitative estimate of drug-likeness (QED) is 0.909. The summed E-state index contributed by atoms with van der Waals surface area (Å²) in [5.41, 5.74) is 1.03. The molecule has 2 heterocycles. The van der Waals surface area contributed by atoms with Gasteiger partial charge in [-0.25, -0.2) is 9.78 Å². The van der Waals surface area contributed by atoms with Crippen molar-refractivity contribution in [2.24, 2.45) is 0 Å². The number of hydrogen-bond donors (Lipinski definition) is 2. The molecule has 2 amide bonds. The first kappa shape index (κ1) is 14.8. The molecule has 2 aromatic rings. The Morgan fingerprint density at radius 2 is 2.05 bits per heavy atom. The van der Waals surface area contributed by atoms with Crippen LogP contribution in [-0.4, -0.2) is 46.6 Å². The summed E-state index contributed by atoms with van der Waals surface area (Å²) in [6.07, 6.45) is 1.72. The van der Waals surface area contributed by atoms with Gasteiger partial charge in [0.05, 0.1) is 15.2 Å². The maximum atomic E-state index is 11.8. The van der Waals surface area contributed by atoms with Crippen molar-refractivity contribution in [3.05, 3.63) is 29.3 Å². The molecule has 1 aromatic heterocycles. The number of nitrogens with one attached hydrogen (secondary N) is 1. The molecule has 0 unspecified atom stereocenters. The molecule has 6 nitrogen and oxygen atoms in total. The summed E-state index contributed by atoms with van der Waals surface area (Å²) in [7, 11) is 0. The van der Waals surface area contributed by atoms with Gasteiger partial charge in [0.25, 0.3) is 0 Å². The van der Waals surface area contributed by atoms with Gasteiger partial charge in [0.15, 0.2) is 0 Å². The first-order chi connectivity index (χ1) is 10.6. The molecule has 1 aliphatic rings. The van der Waals surface area contributed by atoms with Crippen LogP contribution in [0.3, 0.4) is 0 Å². The minimum atomic E-state index is -1.03. The Balaban J connectivity index is 1.59. The predicted octanol–water partition coefficient (Wildman–Crippen LogP) is 2.27. The summed E-state index contributed by atoms with van der Waals surface area (Å²) in [4.78, 5) is 28.7. The molecule has 0 radical (unpaired) electrons. The molecular weight excluding hydrogens is 302 g/mol. The number of likely N-dealkylation sites (tertiary alicyclic amines) is 1. The first-order valence-corrected chi connectivity index (χ1v) is 8.05. The summed E-state index contributed by atoms with van der Waals surface area (Å²) in [6.45, 7) is 0.925. The number of piperidine rings is 1. The van der Waals surface area contributed by atoms with Gasteiger partial charge in [-0.05, 0) is 25.0 Å². The normalized spacial score (nSPS) is 15.9. The summed E-state index contributed by atoms with van der Waals surface area (Å²) in [5, 5.41) is 12.1. The predicted molar refractivity (Wildman–Crippen MR) is 84.2 cm³/mol. The van der Waals surface area contributed by atoms with E-state index in [1.807, 2.05) is 18.2 Å². The van der Waals surface area contributed by atoms with Gasteiger partial charge in [0.1, 0.15) is 6.54 Å². The second-order valence-electron chi connectivity index (χ2n) is 5.33. The van der Waals surface area contributed by atoms with Crippen LogP contribution in [-0.2, 0) is 4.79 Å². The fourth-order valence-electron chi connectivity index (χ4n) is 2.66. The lowest BCUT2D eigenvalue weighted by Crippen LogP contribution is -2.45. The Morgan fingerprint density at radius 3 is 2.73 bits per heavy atom. The number of rotatable bonds is 3. The molecule has 1 aliphatic heterocycles. The van der Waals surface area contributed by atoms with Gasteiger partial charge in [-0.2, -0.15) is 0 Å². The molecule has 22 heavy (non-hydrogen) atoms. The number of aromatic nitrogens is 1. The number of amides is 2. The molecule has 3 rings (SSSR count). The van der Waals surface area contributed by atoms with Gasteiger partial charge in [-0.1, -0.05) is 12.1 Å². The van der Waals surface area contributed by atoms with E-state index in [0.717, 1.165) is 23.4 Å². The molecule has 2 N–H and O–H groups in total. The molecule has 0 aliphatic carbocycles. The van der Waals surface area contributed by atoms with Gasteiger partial charge < -0.3 is 15.3 Å². The number of carbonyl (C=O) groups is 2. The number of urea groups is 1. The first-order valence-electron chi connectivity index (χ1n) is 7.23. The van der Waals surface area contributed by atoms with Crippen LogP contribution < -0.4 is 5.32 Å². The zero-order chi connectivity index (χ0) is 15.5. The van der Waals surface area contributed by atoms with Crippen LogP contribution in [0.25, 0.3) is 10.2 Å². The summed E-state index contributed by atoms with van der Waals surface area (Å²) >= 11 is 1.72. The third-order valence-corrected chi connectivity index (χ3v) is 5.03. The molecule has 1 fully saturated rings. The number of hydrogen-bond acceptors (Lipinski definition) is 4. The molecule has 0 bridgehead atoms. The lowest BCUT2D eigenvalue weighted by atomic mass is 9.98. The van der Waals surface area contributed by atoms with Crippen LogP contribution in [0.5, 0.6) is 0 Å². The fourth-order valence-corrected chi connectivity index (χ4v) is 3.79. The Bertz CT molecular complexity index is 659. The number of carboxylic acids is 1. The van der Waals surface area contributed by atoms with Crippen LogP contribution in [0.4, 0.5) is 4.79 Å². The van der Waals surface area contributed by atoms with Crippen molar-refractivity contribution in [1.82, 2.24) is 15.2 Å². The zero-order valence-electron chi connectivity index (χ0n) is 12.0. The van der Waals surface area contributed by atoms with Crippen LogP contribution in [0.15, 0.2) is 24.3 Å². The van der Waals surface area contributed by atoms with Crippen molar-refractivity contribution in [3.63, 3.8) is 0 Å². The average Bonchev–Trinajstić information content (AvgIpc) is 2.96. The van der Waals surface area contributed by atoms with Crippen LogP contribution in [0.1, 0.15) is 23.8 Å². The van der Waals surface area contributed by atoms with Crippen molar-refractivity contribution in [3.8, 4) is 0 Å². The maximum Gasteiger partial charge on any atom is 0.323 e. The van der Waals surface area contributed by atoms with Crippen molar-refractivity contribution >= 4 is 33.6 Å². The topological polar surface area (TPSA) is 82.5 Å². The number of benzene rings is 1. The number of aliphatic carboxylic acids is 1. The van der Waals surface area contributed by atoms with Gasteiger partial charge in [-0.3, -0.25) is 4.79 Å². The highest BCUT2D eigenvalue weighted by atomic mass is 32.1. The highest BCUT2D eigenvalue weighted by molar-refractivity contribution is 7.18. The Hall–Kier alpha value is -2.15. The standard InChI is InChI=1S/C15H17N3O3S/c19-13(20)9-16-15(21)18-7-5-10(6-8-18)14-17-11-3-1-2-4-12(11)22-14/h1-4,10H,5-9H2,(H,16,21)(H,19,20). The van der Waals surface area contributed by atoms with Gasteiger partial charge in [0.2, 0.25) is 0 Å². The number of para-hydroxylation sites is 1. The van der Waals surface area contributed by atoms with Crippen molar-refractivity contribution in [2.75, 3.05) is 19.6 Å². The fraction of sp³-hybridized carbons (Fsp3) is 0.400. The number of carboxylic acid groups (broad SMARTS) is 1. The summed E-state index contributed by atoms with van der Waals surface area (Å²) < 4.78 is 1.19. The molecule has 1 aromatic carbocycles. The minimum absolute atomic E-state index is 0.301. The largest absolute Gasteiger partial charge is 0.480 e. The molecular formula is C15H17N3O3S. The van der Waals surface area contributed by atoms with Crippen LogP contribution in [0.2, 0.25) is 0 Å². The van der Waals surface area contributed by atoms with Gasteiger partial charge in [0, 0.05) is 19.0 Å². The van der Waals surface area contributed by atoms with Crippen LogP contribution >= 0.6 is 11.3 Å². The third kappa shape index (κ3) is 3.19. The van der Waals surface area contributed by atoms with E-state index in [1.54, 1.807) is 16.2 Å². The second kappa shape index (κ2) is 6.31. The Morgan fingerprint density at radius 1 is 1.32 bits per heavy atom. The summed E-state index contributed by atoms with van der Waals surface area (Å²) in [6, 6.07) is 7.79. The lowest BCUT2D eigenvalue weighted by Gasteiger charge is -2.30.